The second kappa shape index (κ2) is 9.62. The minimum absolute atomic E-state index is 0.281. The van der Waals surface area contributed by atoms with Gasteiger partial charge in [-0.2, -0.15) is 5.10 Å². The predicted octanol–water partition coefficient (Wildman–Crippen LogP) is 2.46. The van der Waals surface area contributed by atoms with Crippen molar-refractivity contribution in [3.8, 4) is 0 Å². The van der Waals surface area contributed by atoms with Crippen LogP contribution in [0.5, 0.6) is 0 Å². The predicted molar refractivity (Wildman–Crippen MR) is 88.7 cm³/mol. The van der Waals surface area contributed by atoms with Gasteiger partial charge in [0, 0.05) is 38.8 Å². The minimum Gasteiger partial charge on any atom is -0.340 e. The van der Waals surface area contributed by atoms with Crippen molar-refractivity contribution in [2.24, 2.45) is 0 Å². The lowest BCUT2D eigenvalue weighted by Crippen LogP contribution is -2.48. The Hall–Kier alpha value is -1.36. The van der Waals surface area contributed by atoms with Gasteiger partial charge in [-0.3, -0.25) is 14.8 Å². The molecule has 0 aromatic carbocycles. The summed E-state index contributed by atoms with van der Waals surface area (Å²) in [5, 5.41) is 6.70. The third-order valence-corrected chi connectivity index (χ3v) is 4.49. The van der Waals surface area contributed by atoms with Crippen LogP contribution in [0, 0.1) is 0 Å². The van der Waals surface area contributed by atoms with Gasteiger partial charge in [0.05, 0.1) is 6.20 Å². The van der Waals surface area contributed by atoms with Gasteiger partial charge in [-0.25, -0.2) is 0 Å². The van der Waals surface area contributed by atoms with E-state index in [-0.39, 0.29) is 5.91 Å². The van der Waals surface area contributed by atoms with Crippen molar-refractivity contribution < 1.29 is 4.79 Å². The number of aromatic nitrogens is 2. The largest absolute Gasteiger partial charge is 0.340 e. The molecule has 2 rings (SSSR count). The number of piperazine rings is 1. The van der Waals surface area contributed by atoms with Crippen LogP contribution in [-0.4, -0.2) is 58.6 Å². The van der Waals surface area contributed by atoms with E-state index in [4.69, 9.17) is 0 Å². The first-order chi connectivity index (χ1) is 10.8. The SMILES string of the molecule is CCCCCCCN1CCN(C(=O)CCc2cn[nH]c2)CC1. The average Bonchev–Trinajstić information content (AvgIpc) is 3.06. The highest BCUT2D eigenvalue weighted by Gasteiger charge is 2.20. The van der Waals surface area contributed by atoms with Crippen molar-refractivity contribution >= 4 is 5.91 Å². The lowest BCUT2D eigenvalue weighted by atomic mass is 10.1. The lowest BCUT2D eigenvalue weighted by molar-refractivity contribution is -0.132. The normalized spacial score (nSPS) is 16.1. The van der Waals surface area contributed by atoms with Gasteiger partial charge in [-0.05, 0) is 24.9 Å². The van der Waals surface area contributed by atoms with Crippen LogP contribution in [-0.2, 0) is 11.2 Å². The van der Waals surface area contributed by atoms with E-state index < -0.39 is 0 Å². The molecule has 0 aliphatic carbocycles. The number of aryl methyl sites for hydroxylation is 1. The maximum Gasteiger partial charge on any atom is 0.222 e. The van der Waals surface area contributed by atoms with E-state index in [1.807, 2.05) is 11.1 Å². The fraction of sp³-hybridized carbons (Fsp3) is 0.765. The molecule has 0 saturated carbocycles. The highest BCUT2D eigenvalue weighted by molar-refractivity contribution is 5.76. The first-order valence-electron chi connectivity index (χ1n) is 8.77. The van der Waals surface area contributed by atoms with Crippen molar-refractivity contribution in [1.82, 2.24) is 20.0 Å². The zero-order valence-corrected chi connectivity index (χ0v) is 13.9. The van der Waals surface area contributed by atoms with Gasteiger partial charge in [0.15, 0.2) is 0 Å². The maximum absolute atomic E-state index is 12.2. The zero-order valence-electron chi connectivity index (χ0n) is 13.9. The van der Waals surface area contributed by atoms with Crippen LogP contribution < -0.4 is 0 Å². The van der Waals surface area contributed by atoms with Crippen molar-refractivity contribution in [3.05, 3.63) is 18.0 Å². The van der Waals surface area contributed by atoms with Gasteiger partial charge in [0.1, 0.15) is 0 Å². The number of unbranched alkanes of at least 4 members (excludes halogenated alkanes) is 4. The number of hydrogen-bond donors (Lipinski definition) is 1. The Labute approximate surface area is 134 Å². The molecule has 124 valence electrons. The molecule has 0 atom stereocenters. The topological polar surface area (TPSA) is 52.2 Å². The highest BCUT2D eigenvalue weighted by atomic mass is 16.2. The summed E-state index contributed by atoms with van der Waals surface area (Å²) in [6, 6.07) is 0. The number of nitrogens with zero attached hydrogens (tertiary/aromatic N) is 3. The van der Waals surface area contributed by atoms with Gasteiger partial charge in [0.25, 0.3) is 0 Å². The number of H-pyrrole nitrogens is 1. The van der Waals surface area contributed by atoms with Crippen molar-refractivity contribution in [1.29, 1.82) is 0 Å². The summed E-state index contributed by atoms with van der Waals surface area (Å²) in [7, 11) is 0. The molecule has 1 aromatic rings. The van der Waals surface area contributed by atoms with E-state index >= 15 is 0 Å². The molecule has 1 saturated heterocycles. The summed E-state index contributed by atoms with van der Waals surface area (Å²) in [5.41, 5.74) is 1.11. The van der Waals surface area contributed by atoms with Crippen LogP contribution in [0.15, 0.2) is 12.4 Å². The first kappa shape index (κ1) is 17.0. The number of aromatic amines is 1. The molecule has 1 aromatic heterocycles. The number of rotatable bonds is 9. The molecule has 1 amide bonds. The van der Waals surface area contributed by atoms with Crippen LogP contribution in [0.3, 0.4) is 0 Å². The minimum atomic E-state index is 0.281. The molecule has 0 bridgehead atoms. The standard InChI is InChI=1S/C17H30N4O/c1-2-3-4-5-6-9-20-10-12-21(13-11-20)17(22)8-7-16-14-18-19-15-16/h14-15H,2-13H2,1H3,(H,18,19). The molecule has 1 fully saturated rings. The van der Waals surface area contributed by atoms with E-state index in [9.17, 15) is 4.79 Å². The Balaban J connectivity index is 1.57. The third kappa shape index (κ3) is 5.79. The molecule has 0 radical (unpaired) electrons. The molecule has 1 aliphatic rings. The van der Waals surface area contributed by atoms with Crippen LogP contribution in [0.4, 0.5) is 0 Å². The van der Waals surface area contributed by atoms with E-state index in [0.717, 1.165) is 38.2 Å². The van der Waals surface area contributed by atoms with Gasteiger partial charge in [0.2, 0.25) is 5.91 Å². The summed E-state index contributed by atoms with van der Waals surface area (Å²) in [6.07, 6.45) is 11.7. The molecule has 1 aliphatic heterocycles. The van der Waals surface area contributed by atoms with E-state index in [1.54, 1.807) is 6.20 Å². The van der Waals surface area contributed by atoms with Gasteiger partial charge < -0.3 is 4.90 Å². The summed E-state index contributed by atoms with van der Waals surface area (Å²) in [4.78, 5) is 16.7. The number of nitrogens with one attached hydrogen (secondary N) is 1. The fourth-order valence-electron chi connectivity index (χ4n) is 2.98. The molecular weight excluding hydrogens is 276 g/mol. The molecule has 5 heteroatoms. The summed E-state index contributed by atoms with van der Waals surface area (Å²) < 4.78 is 0. The Morgan fingerprint density at radius 3 is 2.64 bits per heavy atom. The van der Waals surface area contributed by atoms with Crippen LogP contribution in [0.2, 0.25) is 0 Å². The molecule has 0 spiro atoms. The van der Waals surface area contributed by atoms with Crippen LogP contribution >= 0.6 is 0 Å². The summed E-state index contributed by atoms with van der Waals surface area (Å²) in [6.45, 7) is 7.29. The summed E-state index contributed by atoms with van der Waals surface area (Å²) >= 11 is 0. The molecule has 1 N–H and O–H groups in total. The van der Waals surface area contributed by atoms with E-state index in [1.165, 1.54) is 38.6 Å². The molecule has 2 heterocycles. The van der Waals surface area contributed by atoms with Crippen LogP contribution in [0.25, 0.3) is 0 Å². The van der Waals surface area contributed by atoms with Gasteiger partial charge in [-0.1, -0.05) is 32.6 Å². The number of carbonyl (C=O) groups excluding carboxylic acids is 1. The average molecular weight is 306 g/mol. The molecular formula is C17H30N4O. The Morgan fingerprint density at radius 1 is 1.18 bits per heavy atom. The number of amides is 1. The van der Waals surface area contributed by atoms with Crippen molar-refractivity contribution in [2.75, 3.05) is 32.7 Å². The highest BCUT2D eigenvalue weighted by Crippen LogP contribution is 2.09. The Morgan fingerprint density at radius 2 is 1.95 bits per heavy atom. The Bertz CT molecular complexity index is 410. The van der Waals surface area contributed by atoms with E-state index in [2.05, 4.69) is 22.0 Å². The smallest absolute Gasteiger partial charge is 0.222 e. The first-order valence-corrected chi connectivity index (χ1v) is 8.77. The van der Waals surface area contributed by atoms with Gasteiger partial charge in [-0.15, -0.1) is 0 Å². The second-order valence-electron chi connectivity index (χ2n) is 6.24. The van der Waals surface area contributed by atoms with Crippen LogP contribution in [0.1, 0.15) is 51.0 Å². The number of carbonyl (C=O) groups is 1. The quantitative estimate of drug-likeness (QED) is 0.713. The molecule has 22 heavy (non-hydrogen) atoms. The third-order valence-electron chi connectivity index (χ3n) is 4.49. The Kier molecular flexibility index (Phi) is 7.43. The fourth-order valence-corrected chi connectivity index (χ4v) is 2.98. The van der Waals surface area contributed by atoms with Crippen molar-refractivity contribution in [2.45, 2.75) is 51.9 Å². The second-order valence-corrected chi connectivity index (χ2v) is 6.24. The maximum atomic E-state index is 12.2. The zero-order chi connectivity index (χ0) is 15.6. The summed E-state index contributed by atoms with van der Waals surface area (Å²) in [5.74, 6) is 0.281. The van der Waals surface area contributed by atoms with Crippen molar-refractivity contribution in [3.63, 3.8) is 0 Å². The molecule has 5 nitrogen and oxygen atoms in total. The van der Waals surface area contributed by atoms with E-state index in [0.29, 0.717) is 6.42 Å². The molecule has 0 unspecified atom stereocenters. The lowest BCUT2D eigenvalue weighted by Gasteiger charge is -2.34. The van der Waals surface area contributed by atoms with Gasteiger partial charge >= 0.3 is 0 Å². The monoisotopic (exact) mass is 306 g/mol. The number of hydrogen-bond acceptors (Lipinski definition) is 3.